The predicted molar refractivity (Wildman–Crippen MR) is 147 cm³/mol. The van der Waals surface area contributed by atoms with E-state index in [4.69, 9.17) is 9.84 Å². The molecule has 6 nitrogen and oxygen atoms in total. The molecule has 0 saturated carbocycles. The monoisotopic (exact) mass is 507 g/mol. The van der Waals surface area contributed by atoms with E-state index in [2.05, 4.69) is 12.1 Å². The Balaban J connectivity index is 1.48. The van der Waals surface area contributed by atoms with Crippen molar-refractivity contribution >= 4 is 32.3 Å². The Morgan fingerprint density at radius 1 is 0.811 bits per heavy atom. The van der Waals surface area contributed by atoms with Crippen LogP contribution in [0.2, 0.25) is 0 Å². The van der Waals surface area contributed by atoms with Crippen LogP contribution in [0.5, 0.6) is 5.75 Å². The van der Waals surface area contributed by atoms with Crippen LogP contribution in [0.1, 0.15) is 23.6 Å². The Kier molecular flexibility index (Phi) is 5.77. The van der Waals surface area contributed by atoms with Crippen molar-refractivity contribution in [1.29, 1.82) is 0 Å². The van der Waals surface area contributed by atoms with Crippen LogP contribution in [0.3, 0.4) is 0 Å². The number of nitrogens with zero attached hydrogens (tertiary/aromatic N) is 3. The number of ether oxygens (including phenoxy) is 1. The van der Waals surface area contributed by atoms with E-state index in [9.17, 15) is 8.42 Å². The Bertz CT molecular complexity index is 1690. The first kappa shape index (κ1) is 23.1. The normalized spacial score (nSPS) is 15.6. The van der Waals surface area contributed by atoms with Crippen molar-refractivity contribution < 1.29 is 13.2 Å². The highest BCUT2D eigenvalue weighted by Crippen LogP contribution is 2.39. The molecule has 1 aromatic heterocycles. The standard InChI is InChI=1S/C30H25N3O3S/c1-36-24-18-16-22(17-19-24)30-20-28(31-33(30)23-10-4-2-5-11-23)27-21-32(29-15-9-8-14-26(27)29)37(34,35)25-12-6-3-7-13-25/h2-19,21,30H,20H2,1H3. The molecule has 0 radical (unpaired) electrons. The molecule has 2 heterocycles. The zero-order valence-electron chi connectivity index (χ0n) is 20.2. The van der Waals surface area contributed by atoms with E-state index in [1.165, 1.54) is 3.97 Å². The van der Waals surface area contributed by atoms with Gasteiger partial charge in [-0.05, 0) is 48.0 Å². The fraction of sp³-hybridized carbons (Fsp3) is 0.100. The average molecular weight is 508 g/mol. The highest BCUT2D eigenvalue weighted by molar-refractivity contribution is 7.90. The number of anilines is 1. The van der Waals surface area contributed by atoms with Gasteiger partial charge in [-0.3, -0.25) is 5.01 Å². The lowest BCUT2D eigenvalue weighted by Crippen LogP contribution is -2.18. The Hall–Kier alpha value is -4.36. The molecule has 0 aliphatic carbocycles. The summed E-state index contributed by atoms with van der Waals surface area (Å²) in [5.74, 6) is 0.795. The van der Waals surface area contributed by atoms with Gasteiger partial charge in [-0.15, -0.1) is 0 Å². The van der Waals surface area contributed by atoms with Crippen LogP contribution in [-0.4, -0.2) is 25.2 Å². The molecule has 1 aliphatic heterocycles. The molecule has 1 unspecified atom stereocenters. The number of hydrogen-bond donors (Lipinski definition) is 0. The largest absolute Gasteiger partial charge is 0.497 e. The number of aromatic nitrogens is 1. The molecule has 184 valence electrons. The van der Waals surface area contributed by atoms with Crippen molar-refractivity contribution in [1.82, 2.24) is 3.97 Å². The third kappa shape index (κ3) is 4.07. The van der Waals surface area contributed by atoms with Gasteiger partial charge in [-0.1, -0.05) is 66.7 Å². The highest BCUT2D eigenvalue weighted by atomic mass is 32.2. The smallest absolute Gasteiger partial charge is 0.268 e. The van der Waals surface area contributed by atoms with Crippen molar-refractivity contribution in [2.24, 2.45) is 5.10 Å². The number of benzene rings is 4. The van der Waals surface area contributed by atoms with Gasteiger partial charge in [0.05, 0.1) is 35.0 Å². The lowest BCUT2D eigenvalue weighted by atomic mass is 9.98. The maximum absolute atomic E-state index is 13.6. The van der Waals surface area contributed by atoms with Crippen molar-refractivity contribution in [2.75, 3.05) is 12.1 Å². The van der Waals surface area contributed by atoms with E-state index in [-0.39, 0.29) is 10.9 Å². The third-order valence-corrected chi connectivity index (χ3v) is 8.41. The van der Waals surface area contributed by atoms with Gasteiger partial charge in [0, 0.05) is 23.6 Å². The van der Waals surface area contributed by atoms with Crippen LogP contribution in [0.4, 0.5) is 5.69 Å². The van der Waals surface area contributed by atoms with Gasteiger partial charge in [0.2, 0.25) is 0 Å². The second-order valence-corrected chi connectivity index (χ2v) is 10.7. The number of para-hydroxylation sites is 2. The fourth-order valence-electron chi connectivity index (χ4n) is 4.86. The van der Waals surface area contributed by atoms with Gasteiger partial charge >= 0.3 is 0 Å². The molecule has 7 heteroatoms. The summed E-state index contributed by atoms with van der Waals surface area (Å²) in [6.45, 7) is 0. The lowest BCUT2D eigenvalue weighted by Gasteiger charge is -2.24. The topological polar surface area (TPSA) is 63.9 Å². The SMILES string of the molecule is COc1ccc(C2CC(c3cn(S(=O)(=O)c4ccccc4)c4ccccc34)=NN2c2ccccc2)cc1. The number of methoxy groups -OCH3 is 1. The molecule has 4 aromatic carbocycles. The van der Waals surface area contributed by atoms with Crippen molar-refractivity contribution in [3.05, 3.63) is 127 Å². The van der Waals surface area contributed by atoms with Crippen LogP contribution >= 0.6 is 0 Å². The number of rotatable bonds is 6. The molecule has 0 spiro atoms. The van der Waals surface area contributed by atoms with Crippen LogP contribution in [0, 0.1) is 0 Å². The maximum Gasteiger partial charge on any atom is 0.268 e. The summed E-state index contributed by atoms with van der Waals surface area (Å²) in [7, 11) is -2.13. The molecule has 0 saturated heterocycles. The molecule has 0 bridgehead atoms. The molecule has 0 fully saturated rings. The van der Waals surface area contributed by atoms with Gasteiger partial charge < -0.3 is 4.74 Å². The van der Waals surface area contributed by atoms with Crippen molar-refractivity contribution in [3.8, 4) is 5.75 Å². The molecule has 37 heavy (non-hydrogen) atoms. The Labute approximate surface area is 216 Å². The van der Waals surface area contributed by atoms with E-state index in [0.717, 1.165) is 33.7 Å². The molecular formula is C30H25N3O3S. The zero-order chi connectivity index (χ0) is 25.4. The van der Waals surface area contributed by atoms with Crippen LogP contribution in [0.25, 0.3) is 10.9 Å². The summed E-state index contributed by atoms with van der Waals surface area (Å²) < 4.78 is 33.9. The minimum Gasteiger partial charge on any atom is -0.497 e. The minimum atomic E-state index is -3.78. The number of fused-ring (bicyclic) bond motifs is 1. The summed E-state index contributed by atoms with van der Waals surface area (Å²) in [5.41, 5.74) is 4.35. The average Bonchev–Trinajstić information content (AvgIpc) is 3.57. The summed E-state index contributed by atoms with van der Waals surface area (Å²) >= 11 is 0. The summed E-state index contributed by atoms with van der Waals surface area (Å²) in [6, 6.07) is 34.1. The molecular weight excluding hydrogens is 482 g/mol. The van der Waals surface area contributed by atoms with E-state index in [0.29, 0.717) is 11.9 Å². The van der Waals surface area contributed by atoms with Gasteiger partial charge in [0.15, 0.2) is 0 Å². The van der Waals surface area contributed by atoms with Crippen LogP contribution < -0.4 is 9.75 Å². The van der Waals surface area contributed by atoms with E-state index >= 15 is 0 Å². The number of hydrogen-bond acceptors (Lipinski definition) is 5. The molecule has 1 atom stereocenters. The van der Waals surface area contributed by atoms with Gasteiger partial charge in [0.25, 0.3) is 10.0 Å². The van der Waals surface area contributed by atoms with Crippen molar-refractivity contribution in [2.45, 2.75) is 17.4 Å². The third-order valence-electron chi connectivity index (χ3n) is 6.72. The van der Waals surface area contributed by atoms with Crippen LogP contribution in [0.15, 0.2) is 125 Å². The Morgan fingerprint density at radius 2 is 1.46 bits per heavy atom. The maximum atomic E-state index is 13.6. The second kappa shape index (κ2) is 9.26. The second-order valence-electron chi connectivity index (χ2n) is 8.89. The summed E-state index contributed by atoms with van der Waals surface area (Å²) in [6.07, 6.45) is 2.34. The van der Waals surface area contributed by atoms with Gasteiger partial charge in [-0.25, -0.2) is 12.4 Å². The van der Waals surface area contributed by atoms with Gasteiger partial charge in [-0.2, -0.15) is 5.10 Å². The first-order valence-corrected chi connectivity index (χ1v) is 13.5. The van der Waals surface area contributed by atoms with Crippen molar-refractivity contribution in [3.63, 3.8) is 0 Å². The zero-order valence-corrected chi connectivity index (χ0v) is 21.0. The first-order chi connectivity index (χ1) is 18.1. The lowest BCUT2D eigenvalue weighted by molar-refractivity contribution is 0.414. The van der Waals surface area contributed by atoms with Crippen LogP contribution in [-0.2, 0) is 10.0 Å². The molecule has 1 aliphatic rings. The predicted octanol–water partition coefficient (Wildman–Crippen LogP) is 6.24. The Morgan fingerprint density at radius 3 is 2.16 bits per heavy atom. The molecule has 5 aromatic rings. The quantitative estimate of drug-likeness (QED) is 0.273. The van der Waals surface area contributed by atoms with E-state index < -0.39 is 10.0 Å². The van der Waals surface area contributed by atoms with E-state index in [1.54, 1.807) is 37.6 Å². The fourth-order valence-corrected chi connectivity index (χ4v) is 6.25. The summed E-state index contributed by atoms with van der Waals surface area (Å²) in [5, 5.41) is 7.93. The minimum absolute atomic E-state index is 0.0452. The molecule has 0 N–H and O–H groups in total. The van der Waals surface area contributed by atoms with E-state index in [1.807, 2.05) is 77.8 Å². The molecule has 6 rings (SSSR count). The number of hydrazone groups is 1. The van der Waals surface area contributed by atoms with Gasteiger partial charge in [0.1, 0.15) is 5.75 Å². The summed E-state index contributed by atoms with van der Waals surface area (Å²) in [4.78, 5) is 0.248. The first-order valence-electron chi connectivity index (χ1n) is 12.0. The molecule has 0 amide bonds. The highest BCUT2D eigenvalue weighted by Gasteiger charge is 2.32.